The van der Waals surface area contributed by atoms with Crippen molar-refractivity contribution in [3.8, 4) is 0 Å². The SMILES string of the molecule is CCOC(=O)c1[nH]c2ccc(I)cc2c1CCN1C(=O)c2ccccc2C1=O. The molecule has 7 heteroatoms. The van der Waals surface area contributed by atoms with Crippen LogP contribution in [0.15, 0.2) is 42.5 Å². The summed E-state index contributed by atoms with van der Waals surface area (Å²) in [6.45, 7) is 2.21. The van der Waals surface area contributed by atoms with Gasteiger partial charge in [0, 0.05) is 21.0 Å². The van der Waals surface area contributed by atoms with Crippen molar-refractivity contribution in [1.29, 1.82) is 0 Å². The number of nitrogens with zero attached hydrogens (tertiary/aromatic N) is 1. The molecule has 0 fully saturated rings. The molecule has 0 aliphatic carbocycles. The van der Waals surface area contributed by atoms with Crippen LogP contribution in [-0.4, -0.2) is 40.8 Å². The number of esters is 1. The van der Waals surface area contributed by atoms with Gasteiger partial charge < -0.3 is 9.72 Å². The second-order valence-electron chi connectivity index (χ2n) is 6.45. The van der Waals surface area contributed by atoms with E-state index in [2.05, 4.69) is 27.6 Å². The van der Waals surface area contributed by atoms with Crippen molar-refractivity contribution in [2.75, 3.05) is 13.2 Å². The molecule has 0 radical (unpaired) electrons. The number of imide groups is 1. The van der Waals surface area contributed by atoms with Gasteiger partial charge in [0.25, 0.3) is 11.8 Å². The molecule has 6 nitrogen and oxygen atoms in total. The zero-order valence-electron chi connectivity index (χ0n) is 15.1. The molecular weight excluding hydrogens is 471 g/mol. The smallest absolute Gasteiger partial charge is 0.355 e. The van der Waals surface area contributed by atoms with E-state index in [1.165, 1.54) is 4.90 Å². The van der Waals surface area contributed by atoms with Gasteiger partial charge in [0.05, 0.1) is 17.7 Å². The first-order chi connectivity index (χ1) is 13.5. The number of carbonyl (C=O) groups is 3. The maximum Gasteiger partial charge on any atom is 0.355 e. The van der Waals surface area contributed by atoms with Crippen LogP contribution >= 0.6 is 22.6 Å². The molecule has 0 atom stereocenters. The molecule has 0 bridgehead atoms. The molecule has 0 spiro atoms. The average Bonchev–Trinajstić information content (AvgIpc) is 3.16. The maximum atomic E-state index is 12.6. The van der Waals surface area contributed by atoms with Crippen LogP contribution in [0.4, 0.5) is 0 Å². The normalized spacial score (nSPS) is 13.3. The highest BCUT2D eigenvalue weighted by molar-refractivity contribution is 14.1. The summed E-state index contributed by atoms with van der Waals surface area (Å²) < 4.78 is 6.20. The molecule has 3 aromatic rings. The number of halogens is 1. The van der Waals surface area contributed by atoms with E-state index in [9.17, 15) is 14.4 Å². The Bertz CT molecular complexity index is 1080. The molecule has 2 amide bonds. The third-order valence-corrected chi connectivity index (χ3v) is 5.48. The molecule has 1 N–H and O–H groups in total. The van der Waals surface area contributed by atoms with Crippen molar-refractivity contribution in [2.24, 2.45) is 0 Å². The molecule has 1 aliphatic heterocycles. The van der Waals surface area contributed by atoms with E-state index < -0.39 is 5.97 Å². The first-order valence-electron chi connectivity index (χ1n) is 8.93. The van der Waals surface area contributed by atoms with Gasteiger partial charge in [-0.2, -0.15) is 0 Å². The number of aromatic nitrogens is 1. The number of hydrogen-bond acceptors (Lipinski definition) is 4. The number of fused-ring (bicyclic) bond motifs is 2. The fraction of sp³-hybridized carbons (Fsp3) is 0.190. The van der Waals surface area contributed by atoms with Crippen LogP contribution in [0.5, 0.6) is 0 Å². The molecule has 0 unspecified atom stereocenters. The van der Waals surface area contributed by atoms with E-state index in [0.29, 0.717) is 23.2 Å². The third-order valence-electron chi connectivity index (χ3n) is 4.81. The van der Waals surface area contributed by atoms with Gasteiger partial charge in [-0.05, 0) is 71.8 Å². The van der Waals surface area contributed by atoms with Gasteiger partial charge in [0.1, 0.15) is 5.69 Å². The Balaban J connectivity index is 1.67. The van der Waals surface area contributed by atoms with Gasteiger partial charge in [-0.1, -0.05) is 12.1 Å². The van der Waals surface area contributed by atoms with Gasteiger partial charge in [0.2, 0.25) is 0 Å². The van der Waals surface area contributed by atoms with Gasteiger partial charge in [-0.15, -0.1) is 0 Å². The van der Waals surface area contributed by atoms with Crippen molar-refractivity contribution in [2.45, 2.75) is 13.3 Å². The fourth-order valence-corrected chi connectivity index (χ4v) is 4.01. The lowest BCUT2D eigenvalue weighted by Crippen LogP contribution is -2.32. The fourth-order valence-electron chi connectivity index (χ4n) is 3.52. The van der Waals surface area contributed by atoms with E-state index in [-0.39, 0.29) is 25.0 Å². The van der Waals surface area contributed by atoms with E-state index in [1.54, 1.807) is 31.2 Å². The molecule has 0 saturated carbocycles. The Kier molecular flexibility index (Phi) is 4.92. The number of aromatic amines is 1. The van der Waals surface area contributed by atoms with Crippen LogP contribution < -0.4 is 0 Å². The van der Waals surface area contributed by atoms with Gasteiger partial charge in [-0.25, -0.2) is 4.79 Å². The van der Waals surface area contributed by atoms with Gasteiger partial charge >= 0.3 is 5.97 Å². The summed E-state index contributed by atoms with van der Waals surface area (Å²) in [5.41, 5.74) is 2.79. The molecule has 1 aromatic heterocycles. The summed E-state index contributed by atoms with van der Waals surface area (Å²) >= 11 is 2.21. The van der Waals surface area contributed by atoms with Gasteiger partial charge in [-0.3, -0.25) is 14.5 Å². The van der Waals surface area contributed by atoms with Crippen LogP contribution in [0.1, 0.15) is 43.7 Å². The average molecular weight is 488 g/mol. The molecule has 28 heavy (non-hydrogen) atoms. The second-order valence-corrected chi connectivity index (χ2v) is 7.69. The maximum absolute atomic E-state index is 12.6. The van der Waals surface area contributed by atoms with Crippen LogP contribution in [-0.2, 0) is 11.2 Å². The van der Waals surface area contributed by atoms with E-state index in [0.717, 1.165) is 20.0 Å². The lowest BCUT2D eigenvalue weighted by Gasteiger charge is -2.14. The summed E-state index contributed by atoms with van der Waals surface area (Å²) in [4.78, 5) is 42.0. The van der Waals surface area contributed by atoms with E-state index in [1.807, 2.05) is 18.2 Å². The summed E-state index contributed by atoms with van der Waals surface area (Å²) in [6.07, 6.45) is 0.361. The standard InChI is InChI=1S/C21H17IN2O4/c1-2-28-21(27)18-13(16-11-12(22)7-8-17(16)23-18)9-10-24-19(25)14-5-3-4-6-15(14)20(24)26/h3-8,11,23H,2,9-10H2,1H3. The molecule has 0 saturated heterocycles. The topological polar surface area (TPSA) is 79.5 Å². The minimum Gasteiger partial charge on any atom is -0.461 e. The molecule has 2 heterocycles. The first-order valence-corrected chi connectivity index (χ1v) is 10.0. The van der Waals surface area contributed by atoms with Crippen LogP contribution in [0.2, 0.25) is 0 Å². The molecule has 142 valence electrons. The van der Waals surface area contributed by atoms with Crippen LogP contribution in [0, 0.1) is 3.57 Å². The highest BCUT2D eigenvalue weighted by Gasteiger charge is 2.35. The molecule has 4 rings (SSSR count). The highest BCUT2D eigenvalue weighted by Crippen LogP contribution is 2.28. The summed E-state index contributed by atoms with van der Waals surface area (Å²) in [5.74, 6) is -1.04. The van der Waals surface area contributed by atoms with Gasteiger partial charge in [0.15, 0.2) is 0 Å². The predicted octanol–water partition coefficient (Wildman–Crippen LogP) is 3.79. The van der Waals surface area contributed by atoms with Crippen molar-refractivity contribution in [1.82, 2.24) is 9.88 Å². The van der Waals surface area contributed by atoms with E-state index >= 15 is 0 Å². The van der Waals surface area contributed by atoms with E-state index in [4.69, 9.17) is 4.74 Å². The Morgan fingerprint density at radius 3 is 2.43 bits per heavy atom. The monoisotopic (exact) mass is 488 g/mol. The number of carbonyl (C=O) groups excluding carboxylic acids is 3. The third kappa shape index (κ3) is 3.09. The zero-order valence-corrected chi connectivity index (χ0v) is 17.3. The minimum atomic E-state index is -0.439. The zero-order chi connectivity index (χ0) is 19.8. The molecule has 1 aliphatic rings. The summed E-state index contributed by atoms with van der Waals surface area (Å²) in [5, 5.41) is 0.895. The lowest BCUT2D eigenvalue weighted by molar-refractivity contribution is 0.0519. The summed E-state index contributed by atoms with van der Waals surface area (Å²) in [6, 6.07) is 12.6. The number of nitrogens with one attached hydrogen (secondary N) is 1. The summed E-state index contributed by atoms with van der Waals surface area (Å²) in [7, 11) is 0. The van der Waals surface area contributed by atoms with Crippen LogP contribution in [0.3, 0.4) is 0 Å². The number of hydrogen-bond donors (Lipinski definition) is 1. The van der Waals surface area contributed by atoms with Crippen molar-refractivity contribution in [3.05, 3.63) is 68.4 Å². The minimum absolute atomic E-state index is 0.192. The van der Waals surface area contributed by atoms with Crippen molar-refractivity contribution < 1.29 is 19.1 Å². The number of rotatable bonds is 5. The Morgan fingerprint density at radius 2 is 1.79 bits per heavy atom. The number of H-pyrrole nitrogens is 1. The van der Waals surface area contributed by atoms with Crippen molar-refractivity contribution in [3.63, 3.8) is 0 Å². The largest absolute Gasteiger partial charge is 0.461 e. The Hall–Kier alpha value is -2.68. The second kappa shape index (κ2) is 7.38. The molecule has 2 aromatic carbocycles. The Labute approximate surface area is 175 Å². The number of ether oxygens (including phenoxy) is 1. The Morgan fingerprint density at radius 1 is 1.11 bits per heavy atom. The van der Waals surface area contributed by atoms with Crippen molar-refractivity contribution >= 4 is 51.3 Å². The molecular formula is C21H17IN2O4. The first kappa shape index (κ1) is 18.7. The number of benzene rings is 2. The quantitative estimate of drug-likeness (QED) is 0.337. The lowest BCUT2D eigenvalue weighted by atomic mass is 10.1. The predicted molar refractivity (Wildman–Crippen MR) is 112 cm³/mol. The number of amides is 2. The highest BCUT2D eigenvalue weighted by atomic mass is 127. The van der Waals surface area contributed by atoms with Crippen LogP contribution in [0.25, 0.3) is 10.9 Å².